The summed E-state index contributed by atoms with van der Waals surface area (Å²) in [7, 11) is 1.59. The molecule has 1 saturated heterocycles. The fourth-order valence-electron chi connectivity index (χ4n) is 0.923. The Bertz CT molecular complexity index is 152. The molecule has 0 aliphatic carbocycles. The average Bonchev–Trinajstić information content (AvgIpc) is 1.85. The Labute approximate surface area is 59.2 Å². The molecule has 1 fully saturated rings. The molecule has 1 radical (unpaired) electrons. The zero-order valence-corrected chi connectivity index (χ0v) is 5.76. The molecule has 1 aliphatic rings. The number of likely N-dealkylation sites (tertiary alicyclic amines) is 1. The lowest BCUT2D eigenvalue weighted by Crippen LogP contribution is -2.52. The molecule has 1 heterocycles. The van der Waals surface area contributed by atoms with Crippen LogP contribution in [-0.4, -0.2) is 37.4 Å². The summed E-state index contributed by atoms with van der Waals surface area (Å²) in [6, 6.07) is 0. The van der Waals surface area contributed by atoms with Gasteiger partial charge in [-0.05, 0) is 0 Å². The Morgan fingerprint density at radius 2 is 2.30 bits per heavy atom. The molecule has 0 unspecified atom stereocenters. The summed E-state index contributed by atoms with van der Waals surface area (Å²) >= 11 is 0. The minimum absolute atomic E-state index is 0.00602. The summed E-state index contributed by atoms with van der Waals surface area (Å²) in [4.78, 5) is 22.1. The summed E-state index contributed by atoms with van der Waals surface area (Å²) in [5.74, 6) is -0.00190. The molecule has 0 saturated carbocycles. The molecule has 4 heteroatoms. The second-order valence-corrected chi connectivity index (χ2v) is 2.31. The number of carbonyl (C=O) groups is 1. The van der Waals surface area contributed by atoms with E-state index in [9.17, 15) is 9.59 Å². The van der Waals surface area contributed by atoms with Crippen LogP contribution in [0.1, 0.15) is 0 Å². The molecule has 55 valence electrons. The fourth-order valence-corrected chi connectivity index (χ4v) is 0.923. The lowest BCUT2D eigenvalue weighted by atomic mass is 10.0. The van der Waals surface area contributed by atoms with Gasteiger partial charge in [0.25, 0.3) is 0 Å². The molecular formula is C6H9N2O2. The van der Waals surface area contributed by atoms with Gasteiger partial charge in [0.05, 0.1) is 5.92 Å². The predicted octanol–water partition coefficient (Wildman–Crippen LogP) is -1.27. The van der Waals surface area contributed by atoms with Crippen LogP contribution < -0.4 is 5.32 Å². The monoisotopic (exact) mass is 141 g/mol. The normalized spacial score (nSPS) is 17.9. The first-order valence-electron chi connectivity index (χ1n) is 3.12. The van der Waals surface area contributed by atoms with E-state index >= 15 is 0 Å². The van der Waals surface area contributed by atoms with Crippen molar-refractivity contribution in [3.8, 4) is 0 Å². The van der Waals surface area contributed by atoms with Crippen molar-refractivity contribution in [3.63, 3.8) is 0 Å². The molecule has 1 aliphatic heterocycles. The Hall–Kier alpha value is -1.06. The van der Waals surface area contributed by atoms with Gasteiger partial charge in [0.15, 0.2) is 0 Å². The summed E-state index contributed by atoms with van der Waals surface area (Å²) in [6.07, 6.45) is 1.71. The first kappa shape index (κ1) is 7.05. The molecule has 1 N–H and O–H groups in total. The van der Waals surface area contributed by atoms with E-state index in [2.05, 4.69) is 5.32 Å². The predicted molar refractivity (Wildman–Crippen MR) is 34.8 cm³/mol. The van der Waals surface area contributed by atoms with Gasteiger partial charge in [-0.25, -0.2) is 0 Å². The Kier molecular flexibility index (Phi) is 1.89. The zero-order valence-electron chi connectivity index (χ0n) is 5.76. The van der Waals surface area contributed by atoms with E-state index < -0.39 is 0 Å². The van der Waals surface area contributed by atoms with Crippen molar-refractivity contribution in [1.82, 2.24) is 10.2 Å². The van der Waals surface area contributed by atoms with Crippen LogP contribution in [0.25, 0.3) is 0 Å². The van der Waals surface area contributed by atoms with Gasteiger partial charge in [-0.1, -0.05) is 0 Å². The molecule has 10 heavy (non-hydrogen) atoms. The van der Waals surface area contributed by atoms with Gasteiger partial charge in [0, 0.05) is 20.1 Å². The van der Waals surface area contributed by atoms with E-state index in [4.69, 9.17) is 0 Å². The SMILES string of the molecule is CNC(=O)C1CN([C]=O)C1. The summed E-state index contributed by atoms with van der Waals surface area (Å²) in [5.41, 5.74) is 0. The molecular weight excluding hydrogens is 132 g/mol. The van der Waals surface area contributed by atoms with Gasteiger partial charge in [-0.2, -0.15) is 0 Å². The standard InChI is InChI=1S/C6H9N2O2/c1-7-6(10)5-2-8(3-5)4-9/h5H,2-3H2,1H3,(H,7,10). The topological polar surface area (TPSA) is 49.4 Å². The van der Waals surface area contributed by atoms with E-state index in [1.165, 1.54) is 4.90 Å². The lowest BCUT2D eigenvalue weighted by molar-refractivity contribution is -0.127. The highest BCUT2D eigenvalue weighted by Gasteiger charge is 2.31. The lowest BCUT2D eigenvalue weighted by Gasteiger charge is -2.33. The fraction of sp³-hybridized carbons (Fsp3) is 0.667. The number of hydrogen-bond donors (Lipinski definition) is 1. The van der Waals surface area contributed by atoms with Crippen LogP contribution in [0.2, 0.25) is 0 Å². The Morgan fingerprint density at radius 1 is 1.70 bits per heavy atom. The van der Waals surface area contributed by atoms with E-state index in [0.29, 0.717) is 13.1 Å². The highest BCUT2D eigenvalue weighted by Crippen LogP contribution is 2.12. The Morgan fingerprint density at radius 3 is 2.70 bits per heavy atom. The van der Waals surface area contributed by atoms with Gasteiger partial charge in [-0.15, -0.1) is 0 Å². The van der Waals surface area contributed by atoms with Crippen molar-refractivity contribution in [2.75, 3.05) is 20.1 Å². The smallest absolute Gasteiger partial charge is 0.312 e. The molecule has 1 rings (SSSR count). The summed E-state index contributed by atoms with van der Waals surface area (Å²) < 4.78 is 0. The Balaban J connectivity index is 2.25. The van der Waals surface area contributed by atoms with Gasteiger partial charge in [0.1, 0.15) is 0 Å². The maximum atomic E-state index is 10.8. The zero-order chi connectivity index (χ0) is 7.56. The van der Waals surface area contributed by atoms with Crippen molar-refractivity contribution < 1.29 is 9.59 Å². The van der Waals surface area contributed by atoms with Crippen molar-refractivity contribution >= 4 is 12.3 Å². The van der Waals surface area contributed by atoms with Gasteiger partial charge in [0.2, 0.25) is 5.91 Å². The van der Waals surface area contributed by atoms with Gasteiger partial charge in [-0.3, -0.25) is 9.59 Å². The van der Waals surface area contributed by atoms with Crippen LogP contribution in [0, 0.1) is 5.92 Å². The first-order valence-corrected chi connectivity index (χ1v) is 3.12. The molecule has 4 nitrogen and oxygen atoms in total. The number of amides is 2. The van der Waals surface area contributed by atoms with Crippen LogP contribution in [0.15, 0.2) is 0 Å². The van der Waals surface area contributed by atoms with Crippen LogP contribution in [0.5, 0.6) is 0 Å². The first-order chi connectivity index (χ1) is 4.77. The molecule has 0 bridgehead atoms. The van der Waals surface area contributed by atoms with E-state index in [-0.39, 0.29) is 11.8 Å². The van der Waals surface area contributed by atoms with Crippen LogP contribution >= 0.6 is 0 Å². The second-order valence-electron chi connectivity index (χ2n) is 2.31. The highest BCUT2D eigenvalue weighted by molar-refractivity contribution is 5.80. The maximum Gasteiger partial charge on any atom is 0.312 e. The van der Waals surface area contributed by atoms with E-state index in [1.54, 1.807) is 13.5 Å². The number of carbonyl (C=O) groups excluding carboxylic acids is 2. The minimum atomic E-state index is -0.00792. The van der Waals surface area contributed by atoms with Crippen LogP contribution in [0.3, 0.4) is 0 Å². The molecule has 0 aromatic heterocycles. The minimum Gasteiger partial charge on any atom is -0.359 e. The average molecular weight is 141 g/mol. The number of hydrogen-bond acceptors (Lipinski definition) is 2. The maximum absolute atomic E-state index is 10.8. The highest BCUT2D eigenvalue weighted by atomic mass is 16.2. The van der Waals surface area contributed by atoms with Crippen molar-refractivity contribution in [1.29, 1.82) is 0 Å². The van der Waals surface area contributed by atoms with Crippen molar-refractivity contribution in [2.45, 2.75) is 0 Å². The third-order valence-corrected chi connectivity index (χ3v) is 1.63. The van der Waals surface area contributed by atoms with Crippen molar-refractivity contribution in [2.24, 2.45) is 5.92 Å². The third kappa shape index (κ3) is 1.10. The quantitative estimate of drug-likeness (QED) is 0.521. The van der Waals surface area contributed by atoms with Gasteiger partial charge < -0.3 is 10.2 Å². The number of nitrogens with one attached hydrogen (secondary N) is 1. The van der Waals surface area contributed by atoms with E-state index in [1.807, 2.05) is 0 Å². The molecule has 0 spiro atoms. The summed E-state index contributed by atoms with van der Waals surface area (Å²) in [5, 5.41) is 2.52. The van der Waals surface area contributed by atoms with E-state index in [0.717, 1.165) is 0 Å². The van der Waals surface area contributed by atoms with Crippen LogP contribution in [0.4, 0.5) is 0 Å². The molecule has 0 aromatic rings. The molecule has 2 amide bonds. The summed E-state index contributed by atoms with van der Waals surface area (Å²) in [6.45, 7) is 1.03. The molecule has 0 aromatic carbocycles. The second kappa shape index (κ2) is 2.68. The third-order valence-electron chi connectivity index (χ3n) is 1.63. The van der Waals surface area contributed by atoms with Crippen LogP contribution in [-0.2, 0) is 9.59 Å². The number of rotatable bonds is 2. The largest absolute Gasteiger partial charge is 0.359 e. The van der Waals surface area contributed by atoms with Gasteiger partial charge >= 0.3 is 6.41 Å². The van der Waals surface area contributed by atoms with Crippen molar-refractivity contribution in [3.05, 3.63) is 0 Å². The molecule has 0 atom stereocenters. The number of nitrogens with zero attached hydrogens (tertiary/aromatic N) is 1.